The minimum atomic E-state index is -0.135. The van der Waals surface area contributed by atoms with Gasteiger partial charge in [0.2, 0.25) is 12.7 Å². The third-order valence-corrected chi connectivity index (χ3v) is 4.56. The van der Waals surface area contributed by atoms with Crippen LogP contribution in [0.1, 0.15) is 17.5 Å². The lowest BCUT2D eigenvalue weighted by molar-refractivity contribution is -0.121. The molecule has 2 aromatic carbocycles. The largest absolute Gasteiger partial charge is 0.454 e. The second-order valence-electron chi connectivity index (χ2n) is 6.43. The Morgan fingerprint density at radius 1 is 1.22 bits per heavy atom. The average molecular weight is 365 g/mol. The summed E-state index contributed by atoms with van der Waals surface area (Å²) in [6.45, 7) is 2.81. The van der Waals surface area contributed by atoms with Gasteiger partial charge in [0.1, 0.15) is 0 Å². The second kappa shape index (κ2) is 7.11. The first-order valence-electron chi connectivity index (χ1n) is 8.72. The molecule has 138 valence electrons. The Labute approximate surface area is 155 Å². The van der Waals surface area contributed by atoms with E-state index >= 15 is 0 Å². The van der Waals surface area contributed by atoms with Gasteiger partial charge >= 0.3 is 0 Å². The Balaban J connectivity index is 1.37. The number of benzene rings is 2. The van der Waals surface area contributed by atoms with Gasteiger partial charge in [0.15, 0.2) is 11.5 Å². The highest BCUT2D eigenvalue weighted by Crippen LogP contribution is 2.32. The Kier molecular flexibility index (Phi) is 4.50. The van der Waals surface area contributed by atoms with E-state index in [9.17, 15) is 9.59 Å². The van der Waals surface area contributed by atoms with Gasteiger partial charge in [-0.05, 0) is 36.2 Å². The van der Waals surface area contributed by atoms with Crippen LogP contribution in [-0.2, 0) is 17.9 Å². The molecule has 1 amide bonds. The Hall–Kier alpha value is -3.35. The van der Waals surface area contributed by atoms with Crippen LogP contribution >= 0.6 is 0 Å². The van der Waals surface area contributed by atoms with E-state index in [0.29, 0.717) is 28.9 Å². The molecule has 7 heteroatoms. The third kappa shape index (κ3) is 3.48. The molecule has 7 nitrogen and oxygen atoms in total. The summed E-state index contributed by atoms with van der Waals surface area (Å²) in [7, 11) is 0. The van der Waals surface area contributed by atoms with Crippen molar-refractivity contribution >= 4 is 16.8 Å². The minimum Gasteiger partial charge on any atom is -0.454 e. The highest BCUT2D eigenvalue weighted by Gasteiger charge is 2.13. The Morgan fingerprint density at radius 3 is 2.96 bits per heavy atom. The van der Waals surface area contributed by atoms with Gasteiger partial charge in [0.05, 0.1) is 17.2 Å². The molecule has 0 spiro atoms. The van der Waals surface area contributed by atoms with E-state index in [1.54, 1.807) is 6.07 Å². The van der Waals surface area contributed by atoms with Gasteiger partial charge in [-0.3, -0.25) is 14.2 Å². The molecule has 0 radical (unpaired) electrons. The molecule has 1 aliphatic rings. The SMILES string of the molecule is Cc1cccc2c(=O)n(CCC(=O)NCc3ccc4c(c3)OCO4)cnc12. The smallest absolute Gasteiger partial charge is 0.261 e. The highest BCUT2D eigenvalue weighted by atomic mass is 16.7. The fraction of sp³-hybridized carbons (Fsp3) is 0.250. The van der Waals surface area contributed by atoms with Crippen LogP contribution in [0.25, 0.3) is 10.9 Å². The molecule has 27 heavy (non-hydrogen) atoms. The quantitative estimate of drug-likeness (QED) is 0.749. The van der Waals surface area contributed by atoms with Crippen molar-refractivity contribution in [2.24, 2.45) is 0 Å². The first-order valence-corrected chi connectivity index (χ1v) is 8.72. The van der Waals surface area contributed by atoms with Crippen molar-refractivity contribution in [2.45, 2.75) is 26.4 Å². The lowest BCUT2D eigenvalue weighted by atomic mass is 10.1. The number of fused-ring (bicyclic) bond motifs is 2. The van der Waals surface area contributed by atoms with Gasteiger partial charge in [-0.15, -0.1) is 0 Å². The maximum atomic E-state index is 12.5. The number of aromatic nitrogens is 2. The molecule has 1 N–H and O–H groups in total. The van der Waals surface area contributed by atoms with E-state index < -0.39 is 0 Å². The summed E-state index contributed by atoms with van der Waals surface area (Å²) in [4.78, 5) is 29.0. The number of rotatable bonds is 5. The lowest BCUT2D eigenvalue weighted by Crippen LogP contribution is -2.27. The van der Waals surface area contributed by atoms with Crippen LogP contribution in [0.4, 0.5) is 0 Å². The first kappa shape index (κ1) is 17.1. The molecule has 0 saturated carbocycles. The summed E-state index contributed by atoms with van der Waals surface area (Å²) < 4.78 is 12.1. The van der Waals surface area contributed by atoms with E-state index in [2.05, 4.69) is 10.3 Å². The maximum absolute atomic E-state index is 12.5. The number of amides is 1. The monoisotopic (exact) mass is 365 g/mol. The van der Waals surface area contributed by atoms with Gasteiger partial charge in [-0.1, -0.05) is 18.2 Å². The summed E-state index contributed by atoms with van der Waals surface area (Å²) in [5, 5.41) is 3.42. The van der Waals surface area contributed by atoms with Crippen LogP contribution < -0.4 is 20.3 Å². The van der Waals surface area contributed by atoms with E-state index in [1.807, 2.05) is 37.3 Å². The van der Waals surface area contributed by atoms with E-state index in [0.717, 1.165) is 11.1 Å². The van der Waals surface area contributed by atoms with Crippen LogP contribution in [0.5, 0.6) is 11.5 Å². The Morgan fingerprint density at radius 2 is 2.07 bits per heavy atom. The molecule has 3 aromatic rings. The van der Waals surface area contributed by atoms with Gasteiger partial charge in [0, 0.05) is 19.5 Å². The number of ether oxygens (including phenoxy) is 2. The highest BCUT2D eigenvalue weighted by molar-refractivity contribution is 5.80. The molecule has 0 aliphatic carbocycles. The molecular formula is C20H19N3O4. The number of carbonyl (C=O) groups excluding carboxylic acids is 1. The second-order valence-corrected chi connectivity index (χ2v) is 6.43. The van der Waals surface area contributed by atoms with E-state index in [4.69, 9.17) is 9.47 Å². The van der Waals surface area contributed by atoms with Crippen molar-refractivity contribution in [3.8, 4) is 11.5 Å². The molecule has 1 aromatic heterocycles. The van der Waals surface area contributed by atoms with Crippen molar-refractivity contribution in [1.82, 2.24) is 14.9 Å². The number of nitrogens with one attached hydrogen (secondary N) is 1. The topological polar surface area (TPSA) is 82.5 Å². The molecule has 4 rings (SSSR count). The first-order chi connectivity index (χ1) is 13.1. The van der Waals surface area contributed by atoms with Gasteiger partial charge < -0.3 is 14.8 Å². The fourth-order valence-electron chi connectivity index (χ4n) is 3.06. The van der Waals surface area contributed by atoms with Gasteiger partial charge in [-0.25, -0.2) is 4.98 Å². The summed E-state index contributed by atoms with van der Waals surface area (Å²) in [6, 6.07) is 11.1. The van der Waals surface area contributed by atoms with Crippen molar-refractivity contribution in [3.05, 3.63) is 64.2 Å². The molecule has 1 aliphatic heterocycles. The molecule has 0 unspecified atom stereocenters. The molecule has 0 fully saturated rings. The zero-order chi connectivity index (χ0) is 18.8. The zero-order valence-corrected chi connectivity index (χ0v) is 14.9. The number of carbonyl (C=O) groups is 1. The number of para-hydroxylation sites is 1. The maximum Gasteiger partial charge on any atom is 0.261 e. The third-order valence-electron chi connectivity index (χ3n) is 4.56. The van der Waals surface area contributed by atoms with Gasteiger partial charge in [-0.2, -0.15) is 0 Å². The summed E-state index contributed by atoms with van der Waals surface area (Å²) in [5.41, 5.74) is 2.45. The van der Waals surface area contributed by atoms with Crippen LogP contribution in [0, 0.1) is 6.92 Å². The number of hydrogen-bond donors (Lipinski definition) is 1. The van der Waals surface area contributed by atoms with Crippen LogP contribution in [-0.4, -0.2) is 22.3 Å². The number of nitrogens with zero attached hydrogens (tertiary/aromatic N) is 2. The van der Waals surface area contributed by atoms with Crippen LogP contribution in [0.15, 0.2) is 47.5 Å². The number of hydrogen-bond acceptors (Lipinski definition) is 5. The van der Waals surface area contributed by atoms with E-state index in [-0.39, 0.29) is 31.2 Å². The van der Waals surface area contributed by atoms with Crippen molar-refractivity contribution in [3.63, 3.8) is 0 Å². The molecule has 0 saturated heterocycles. The van der Waals surface area contributed by atoms with Crippen molar-refractivity contribution < 1.29 is 14.3 Å². The summed E-state index contributed by atoms with van der Waals surface area (Å²) >= 11 is 0. The van der Waals surface area contributed by atoms with E-state index in [1.165, 1.54) is 10.9 Å². The average Bonchev–Trinajstić information content (AvgIpc) is 3.14. The molecule has 0 atom stereocenters. The standard InChI is InChI=1S/C20H19N3O4/c1-13-3-2-4-15-19(13)22-11-23(20(15)25)8-7-18(24)21-10-14-5-6-16-17(9-14)27-12-26-16/h2-6,9,11H,7-8,10,12H2,1H3,(H,21,24). The van der Waals surface area contributed by atoms with Crippen LogP contribution in [0.3, 0.4) is 0 Å². The Bertz CT molecular complexity index is 1070. The summed E-state index contributed by atoms with van der Waals surface area (Å²) in [6.07, 6.45) is 1.70. The molecular weight excluding hydrogens is 346 g/mol. The predicted molar refractivity (Wildman–Crippen MR) is 99.8 cm³/mol. The fourth-order valence-corrected chi connectivity index (χ4v) is 3.06. The van der Waals surface area contributed by atoms with Crippen LogP contribution in [0.2, 0.25) is 0 Å². The zero-order valence-electron chi connectivity index (χ0n) is 14.9. The van der Waals surface area contributed by atoms with Gasteiger partial charge in [0.25, 0.3) is 5.56 Å². The normalized spacial score (nSPS) is 12.3. The van der Waals surface area contributed by atoms with Crippen molar-refractivity contribution in [1.29, 1.82) is 0 Å². The van der Waals surface area contributed by atoms with Crippen molar-refractivity contribution in [2.75, 3.05) is 6.79 Å². The predicted octanol–water partition coefficient (Wildman–Crippen LogP) is 2.14. The summed E-state index contributed by atoms with van der Waals surface area (Å²) in [5.74, 6) is 1.26. The lowest BCUT2D eigenvalue weighted by Gasteiger charge is -2.09. The molecule has 0 bridgehead atoms. The molecule has 2 heterocycles. The number of aryl methyl sites for hydroxylation is 2. The minimum absolute atomic E-state index is 0.132.